The van der Waals surface area contributed by atoms with Gasteiger partial charge in [-0.05, 0) is 48.4 Å². The van der Waals surface area contributed by atoms with E-state index in [1.807, 2.05) is 0 Å². The predicted octanol–water partition coefficient (Wildman–Crippen LogP) is 4.49. The van der Waals surface area contributed by atoms with Gasteiger partial charge < -0.3 is 10.6 Å². The Balaban J connectivity index is 1.50. The predicted molar refractivity (Wildman–Crippen MR) is 126 cm³/mol. The number of fused-ring (bicyclic) bond motifs is 1. The van der Waals surface area contributed by atoms with Crippen LogP contribution in [0.15, 0.2) is 59.7 Å². The Morgan fingerprint density at radius 3 is 2.53 bits per heavy atom. The molecule has 0 saturated heterocycles. The van der Waals surface area contributed by atoms with E-state index in [9.17, 15) is 31.9 Å². The van der Waals surface area contributed by atoms with Gasteiger partial charge in [0.25, 0.3) is 11.5 Å². The van der Waals surface area contributed by atoms with Crippen molar-refractivity contribution in [2.24, 2.45) is 0 Å². The number of anilines is 1. The summed E-state index contributed by atoms with van der Waals surface area (Å²) in [5.74, 6) is -1.55. The molecule has 2 heterocycles. The van der Waals surface area contributed by atoms with E-state index in [4.69, 9.17) is 0 Å². The van der Waals surface area contributed by atoms with Gasteiger partial charge in [-0.25, -0.2) is 9.37 Å². The minimum absolute atomic E-state index is 0.0660. The summed E-state index contributed by atoms with van der Waals surface area (Å²) in [6.07, 6.45) is -3.42. The molecule has 12 heteroatoms. The van der Waals surface area contributed by atoms with Gasteiger partial charge in [-0.2, -0.15) is 13.2 Å². The number of rotatable bonds is 6. The van der Waals surface area contributed by atoms with Gasteiger partial charge in [-0.3, -0.25) is 19.0 Å². The highest BCUT2D eigenvalue weighted by Crippen LogP contribution is 2.30. The van der Waals surface area contributed by atoms with E-state index in [1.54, 1.807) is 6.92 Å². The average Bonchev–Trinajstić information content (AvgIpc) is 3.17. The van der Waals surface area contributed by atoms with E-state index in [-0.39, 0.29) is 22.5 Å². The summed E-state index contributed by atoms with van der Waals surface area (Å²) in [5, 5.41) is 5.22. The highest BCUT2D eigenvalue weighted by atomic mass is 32.1. The lowest BCUT2D eigenvalue weighted by atomic mass is 10.2. The molecule has 4 rings (SSSR count). The molecule has 0 spiro atoms. The Labute approximate surface area is 205 Å². The SMILES string of the molecule is Cc1c(C(=O)NCc2ccc(F)cc2)sc2ncn(CC(=O)Nc3cccc(C(F)(F)F)c3)c(=O)c12. The molecule has 0 atom stereocenters. The first-order valence-corrected chi connectivity index (χ1v) is 11.3. The third-order valence-corrected chi connectivity index (χ3v) is 6.48. The zero-order valence-electron chi connectivity index (χ0n) is 18.6. The summed E-state index contributed by atoms with van der Waals surface area (Å²) >= 11 is 1.01. The van der Waals surface area contributed by atoms with Crippen LogP contribution in [0.5, 0.6) is 0 Å². The lowest BCUT2D eigenvalue weighted by Gasteiger charge is -2.10. The van der Waals surface area contributed by atoms with Crippen molar-refractivity contribution in [1.82, 2.24) is 14.9 Å². The molecule has 186 valence electrons. The van der Waals surface area contributed by atoms with Crippen LogP contribution >= 0.6 is 11.3 Å². The van der Waals surface area contributed by atoms with Gasteiger partial charge in [0.1, 0.15) is 17.2 Å². The van der Waals surface area contributed by atoms with Gasteiger partial charge >= 0.3 is 6.18 Å². The van der Waals surface area contributed by atoms with Crippen LogP contribution < -0.4 is 16.2 Å². The summed E-state index contributed by atoms with van der Waals surface area (Å²) in [7, 11) is 0. The van der Waals surface area contributed by atoms with Crippen LogP contribution in [0, 0.1) is 12.7 Å². The number of alkyl halides is 3. The second-order valence-electron chi connectivity index (χ2n) is 7.85. The highest BCUT2D eigenvalue weighted by molar-refractivity contribution is 7.20. The Kier molecular flexibility index (Phi) is 6.88. The zero-order chi connectivity index (χ0) is 26.0. The van der Waals surface area contributed by atoms with E-state index in [1.165, 1.54) is 30.3 Å². The molecule has 2 N–H and O–H groups in total. The van der Waals surface area contributed by atoms with Crippen LogP contribution in [0.1, 0.15) is 26.4 Å². The van der Waals surface area contributed by atoms with Crippen LogP contribution in [0.25, 0.3) is 10.2 Å². The summed E-state index contributed by atoms with van der Waals surface area (Å²) in [6, 6.07) is 9.78. The first-order chi connectivity index (χ1) is 17.0. The van der Waals surface area contributed by atoms with Crippen molar-refractivity contribution in [3.63, 3.8) is 0 Å². The number of nitrogens with one attached hydrogen (secondary N) is 2. The number of benzene rings is 2. The molecule has 0 saturated carbocycles. The van der Waals surface area contributed by atoms with Crippen molar-refractivity contribution in [2.45, 2.75) is 26.2 Å². The Hall–Kier alpha value is -4.06. The van der Waals surface area contributed by atoms with E-state index in [0.717, 1.165) is 40.4 Å². The van der Waals surface area contributed by atoms with E-state index in [2.05, 4.69) is 15.6 Å². The third kappa shape index (κ3) is 5.43. The number of halogens is 4. The number of nitrogens with zero attached hydrogens (tertiary/aromatic N) is 2. The Bertz CT molecular complexity index is 1510. The van der Waals surface area contributed by atoms with Crippen molar-refractivity contribution < 1.29 is 27.2 Å². The van der Waals surface area contributed by atoms with Crippen molar-refractivity contribution >= 4 is 39.1 Å². The first kappa shape index (κ1) is 25.0. The van der Waals surface area contributed by atoms with Gasteiger partial charge in [-0.1, -0.05) is 18.2 Å². The molecule has 0 aliphatic heterocycles. The topological polar surface area (TPSA) is 93.1 Å². The molecular formula is C24H18F4N4O3S. The number of carbonyl (C=O) groups excluding carboxylic acids is 2. The third-order valence-electron chi connectivity index (χ3n) is 5.28. The second-order valence-corrected chi connectivity index (χ2v) is 8.85. The molecule has 0 aliphatic rings. The van der Waals surface area contributed by atoms with Crippen LogP contribution in [0.3, 0.4) is 0 Å². The fourth-order valence-corrected chi connectivity index (χ4v) is 4.54. The Morgan fingerprint density at radius 2 is 1.83 bits per heavy atom. The summed E-state index contributed by atoms with van der Waals surface area (Å²) in [6.45, 7) is 1.25. The smallest absolute Gasteiger partial charge is 0.347 e. The quantitative estimate of drug-likeness (QED) is 0.368. The minimum atomic E-state index is -4.56. The highest BCUT2D eigenvalue weighted by Gasteiger charge is 2.30. The van der Waals surface area contributed by atoms with E-state index >= 15 is 0 Å². The van der Waals surface area contributed by atoms with Crippen LogP contribution in [0.4, 0.5) is 23.2 Å². The van der Waals surface area contributed by atoms with Gasteiger partial charge in [0.2, 0.25) is 5.91 Å². The number of hydrogen-bond donors (Lipinski definition) is 2. The monoisotopic (exact) mass is 518 g/mol. The maximum absolute atomic E-state index is 13.0. The van der Waals surface area contributed by atoms with Gasteiger partial charge in [0, 0.05) is 12.2 Å². The van der Waals surface area contributed by atoms with Crippen LogP contribution in [-0.2, 0) is 24.1 Å². The van der Waals surface area contributed by atoms with Gasteiger partial charge in [-0.15, -0.1) is 11.3 Å². The lowest BCUT2D eigenvalue weighted by molar-refractivity contribution is -0.137. The maximum Gasteiger partial charge on any atom is 0.416 e. The standard InChI is InChI=1S/C24H18F4N4O3S/c1-13-19-22(36-20(13)21(34)29-10-14-5-7-16(25)8-6-14)30-12-32(23(19)35)11-18(33)31-17-4-2-3-15(9-17)24(26,27)28/h2-9,12H,10-11H2,1H3,(H,29,34)(H,31,33). The molecule has 4 aromatic rings. The van der Waals surface area contributed by atoms with Gasteiger partial charge in [0.05, 0.1) is 22.2 Å². The van der Waals surface area contributed by atoms with Crippen molar-refractivity contribution in [3.05, 3.63) is 92.6 Å². The molecule has 0 radical (unpaired) electrons. The zero-order valence-corrected chi connectivity index (χ0v) is 19.5. The van der Waals surface area contributed by atoms with Crippen LogP contribution in [-0.4, -0.2) is 21.4 Å². The van der Waals surface area contributed by atoms with Crippen molar-refractivity contribution in [2.75, 3.05) is 5.32 Å². The number of hydrogen-bond acceptors (Lipinski definition) is 5. The number of carbonyl (C=O) groups is 2. The molecule has 0 fully saturated rings. The summed E-state index contributed by atoms with van der Waals surface area (Å²) in [4.78, 5) is 42.8. The maximum atomic E-state index is 13.0. The fraction of sp³-hybridized carbons (Fsp3) is 0.167. The largest absolute Gasteiger partial charge is 0.416 e. The molecule has 2 aromatic heterocycles. The average molecular weight is 518 g/mol. The minimum Gasteiger partial charge on any atom is -0.347 e. The number of thiophene rings is 1. The molecular weight excluding hydrogens is 500 g/mol. The second kappa shape index (κ2) is 9.90. The molecule has 36 heavy (non-hydrogen) atoms. The molecule has 0 bridgehead atoms. The Morgan fingerprint density at radius 1 is 1.11 bits per heavy atom. The van der Waals surface area contributed by atoms with Crippen molar-refractivity contribution in [1.29, 1.82) is 0 Å². The van der Waals surface area contributed by atoms with Gasteiger partial charge in [0.15, 0.2) is 0 Å². The molecule has 0 unspecified atom stereocenters. The lowest BCUT2D eigenvalue weighted by Crippen LogP contribution is -2.28. The number of aryl methyl sites for hydroxylation is 1. The summed E-state index contributed by atoms with van der Waals surface area (Å²) in [5.41, 5.74) is -0.471. The molecule has 0 aliphatic carbocycles. The molecule has 2 amide bonds. The van der Waals surface area contributed by atoms with Crippen LogP contribution in [0.2, 0.25) is 0 Å². The normalized spacial score (nSPS) is 11.5. The molecule has 2 aromatic carbocycles. The summed E-state index contributed by atoms with van der Waals surface area (Å²) < 4.78 is 52.7. The van der Waals surface area contributed by atoms with E-state index in [0.29, 0.717) is 16.0 Å². The first-order valence-electron chi connectivity index (χ1n) is 10.5. The molecule has 7 nitrogen and oxygen atoms in total. The fourth-order valence-electron chi connectivity index (χ4n) is 3.48. The van der Waals surface area contributed by atoms with E-state index < -0.39 is 41.5 Å². The number of amides is 2. The van der Waals surface area contributed by atoms with Crippen molar-refractivity contribution in [3.8, 4) is 0 Å². The number of aromatic nitrogens is 2.